The van der Waals surface area contributed by atoms with Gasteiger partial charge in [0.1, 0.15) is 0 Å². The third kappa shape index (κ3) is 4.92. The van der Waals surface area contributed by atoms with Crippen molar-refractivity contribution in [2.24, 2.45) is 0 Å². The lowest BCUT2D eigenvalue weighted by Gasteiger charge is -2.14. The highest BCUT2D eigenvalue weighted by Gasteiger charge is 2.07. The fraction of sp³-hybridized carbons (Fsp3) is 0.400. The van der Waals surface area contributed by atoms with Crippen molar-refractivity contribution in [3.05, 3.63) is 53.1 Å². The van der Waals surface area contributed by atoms with E-state index in [9.17, 15) is 0 Å². The SMILES string of the molecule is CCCOc1ccc(CNc2cc(C)ccc2C)cc1OCC. The summed E-state index contributed by atoms with van der Waals surface area (Å²) in [5.41, 5.74) is 4.87. The summed E-state index contributed by atoms with van der Waals surface area (Å²) in [5.74, 6) is 1.64. The Bertz CT molecular complexity index is 638. The summed E-state index contributed by atoms with van der Waals surface area (Å²) in [6, 6.07) is 12.6. The van der Waals surface area contributed by atoms with Crippen LogP contribution in [0.5, 0.6) is 11.5 Å². The molecule has 3 heteroatoms. The largest absolute Gasteiger partial charge is 0.490 e. The molecule has 2 aromatic rings. The van der Waals surface area contributed by atoms with Crippen molar-refractivity contribution in [3.63, 3.8) is 0 Å². The van der Waals surface area contributed by atoms with Crippen LogP contribution in [0.15, 0.2) is 36.4 Å². The first-order valence-electron chi connectivity index (χ1n) is 8.33. The van der Waals surface area contributed by atoms with Crippen LogP contribution >= 0.6 is 0 Å². The summed E-state index contributed by atoms with van der Waals surface area (Å²) in [6.07, 6.45) is 0.988. The number of benzene rings is 2. The van der Waals surface area contributed by atoms with Crippen LogP contribution in [0.1, 0.15) is 37.0 Å². The fourth-order valence-electron chi connectivity index (χ4n) is 2.39. The molecule has 0 unspecified atom stereocenters. The number of rotatable bonds is 8. The highest BCUT2D eigenvalue weighted by molar-refractivity contribution is 5.53. The predicted octanol–water partition coefficient (Wildman–Crippen LogP) is 5.10. The van der Waals surface area contributed by atoms with Crippen LogP contribution < -0.4 is 14.8 Å². The van der Waals surface area contributed by atoms with E-state index in [2.05, 4.69) is 56.4 Å². The second-order valence-electron chi connectivity index (χ2n) is 5.73. The average molecular weight is 313 g/mol. The molecule has 0 aliphatic carbocycles. The highest BCUT2D eigenvalue weighted by Crippen LogP contribution is 2.29. The van der Waals surface area contributed by atoms with Gasteiger partial charge in [0.15, 0.2) is 11.5 Å². The Morgan fingerprint density at radius 3 is 2.48 bits per heavy atom. The number of hydrogen-bond acceptors (Lipinski definition) is 3. The number of ether oxygens (including phenoxy) is 2. The van der Waals surface area contributed by atoms with Crippen molar-refractivity contribution >= 4 is 5.69 Å². The smallest absolute Gasteiger partial charge is 0.161 e. The Labute approximate surface area is 139 Å². The molecule has 3 nitrogen and oxygen atoms in total. The van der Waals surface area contributed by atoms with Gasteiger partial charge in [-0.15, -0.1) is 0 Å². The lowest BCUT2D eigenvalue weighted by atomic mass is 10.1. The lowest BCUT2D eigenvalue weighted by molar-refractivity contribution is 0.276. The van der Waals surface area contributed by atoms with Gasteiger partial charge in [-0.2, -0.15) is 0 Å². The Hall–Kier alpha value is -2.16. The van der Waals surface area contributed by atoms with E-state index in [0.29, 0.717) is 13.2 Å². The van der Waals surface area contributed by atoms with Gasteiger partial charge in [-0.05, 0) is 62.1 Å². The minimum Gasteiger partial charge on any atom is -0.490 e. The third-order valence-electron chi connectivity index (χ3n) is 3.65. The van der Waals surface area contributed by atoms with Gasteiger partial charge in [0.25, 0.3) is 0 Å². The van der Waals surface area contributed by atoms with Gasteiger partial charge in [0.2, 0.25) is 0 Å². The number of nitrogens with one attached hydrogen (secondary N) is 1. The molecule has 0 spiro atoms. The van der Waals surface area contributed by atoms with E-state index < -0.39 is 0 Å². The van der Waals surface area contributed by atoms with E-state index in [4.69, 9.17) is 9.47 Å². The predicted molar refractivity (Wildman–Crippen MR) is 96.6 cm³/mol. The molecule has 0 fully saturated rings. The van der Waals surface area contributed by atoms with Gasteiger partial charge in [-0.1, -0.05) is 25.1 Å². The highest BCUT2D eigenvalue weighted by atomic mass is 16.5. The minimum atomic E-state index is 0.635. The van der Waals surface area contributed by atoms with E-state index in [0.717, 1.165) is 24.5 Å². The molecule has 0 saturated carbocycles. The van der Waals surface area contributed by atoms with E-state index in [1.165, 1.54) is 22.4 Å². The van der Waals surface area contributed by atoms with Crippen LogP contribution in [0.4, 0.5) is 5.69 Å². The summed E-state index contributed by atoms with van der Waals surface area (Å²) in [4.78, 5) is 0. The minimum absolute atomic E-state index is 0.635. The number of hydrogen-bond donors (Lipinski definition) is 1. The normalized spacial score (nSPS) is 10.4. The van der Waals surface area contributed by atoms with Gasteiger partial charge < -0.3 is 14.8 Å². The molecule has 0 aliphatic rings. The Morgan fingerprint density at radius 2 is 1.74 bits per heavy atom. The van der Waals surface area contributed by atoms with Crippen molar-refractivity contribution in [2.75, 3.05) is 18.5 Å². The first kappa shape index (κ1) is 17.2. The van der Waals surface area contributed by atoms with Crippen LogP contribution in [-0.4, -0.2) is 13.2 Å². The Kier molecular flexibility index (Phi) is 6.33. The molecule has 2 rings (SSSR count). The zero-order chi connectivity index (χ0) is 16.7. The topological polar surface area (TPSA) is 30.5 Å². The third-order valence-corrected chi connectivity index (χ3v) is 3.65. The molecule has 0 aromatic heterocycles. The average Bonchev–Trinajstić information content (AvgIpc) is 2.55. The van der Waals surface area contributed by atoms with Gasteiger partial charge in [-0.25, -0.2) is 0 Å². The molecular formula is C20H27NO2. The van der Waals surface area contributed by atoms with E-state index in [1.807, 2.05) is 13.0 Å². The van der Waals surface area contributed by atoms with Gasteiger partial charge >= 0.3 is 0 Å². The van der Waals surface area contributed by atoms with Gasteiger partial charge in [-0.3, -0.25) is 0 Å². The van der Waals surface area contributed by atoms with Gasteiger partial charge in [0, 0.05) is 12.2 Å². The molecule has 0 bridgehead atoms. The van der Waals surface area contributed by atoms with E-state index in [-0.39, 0.29) is 0 Å². The zero-order valence-corrected chi connectivity index (χ0v) is 14.6. The molecular weight excluding hydrogens is 286 g/mol. The van der Waals surface area contributed by atoms with Crippen molar-refractivity contribution in [1.29, 1.82) is 0 Å². The van der Waals surface area contributed by atoms with Crippen LogP contribution in [0.3, 0.4) is 0 Å². The molecule has 0 heterocycles. The molecule has 0 amide bonds. The number of aryl methyl sites for hydroxylation is 2. The van der Waals surface area contributed by atoms with Crippen LogP contribution in [-0.2, 0) is 6.54 Å². The van der Waals surface area contributed by atoms with Crippen molar-refractivity contribution in [3.8, 4) is 11.5 Å². The lowest BCUT2D eigenvalue weighted by Crippen LogP contribution is -2.04. The van der Waals surface area contributed by atoms with Gasteiger partial charge in [0.05, 0.1) is 13.2 Å². The summed E-state index contributed by atoms with van der Waals surface area (Å²) < 4.78 is 11.5. The fourth-order valence-corrected chi connectivity index (χ4v) is 2.39. The summed E-state index contributed by atoms with van der Waals surface area (Å²) in [7, 11) is 0. The monoisotopic (exact) mass is 313 g/mol. The molecule has 0 radical (unpaired) electrons. The molecule has 2 aromatic carbocycles. The first-order valence-corrected chi connectivity index (χ1v) is 8.33. The van der Waals surface area contributed by atoms with Crippen molar-refractivity contribution < 1.29 is 9.47 Å². The molecule has 0 atom stereocenters. The van der Waals surface area contributed by atoms with Crippen LogP contribution in [0.2, 0.25) is 0 Å². The maximum atomic E-state index is 5.75. The maximum absolute atomic E-state index is 5.75. The van der Waals surface area contributed by atoms with Crippen LogP contribution in [0, 0.1) is 13.8 Å². The first-order chi connectivity index (χ1) is 11.1. The molecule has 0 saturated heterocycles. The molecule has 0 aliphatic heterocycles. The van der Waals surface area contributed by atoms with Crippen LogP contribution in [0.25, 0.3) is 0 Å². The molecule has 1 N–H and O–H groups in total. The zero-order valence-electron chi connectivity index (χ0n) is 14.6. The molecule has 23 heavy (non-hydrogen) atoms. The second kappa shape index (κ2) is 8.47. The van der Waals surface area contributed by atoms with E-state index >= 15 is 0 Å². The Balaban J connectivity index is 2.10. The quantitative estimate of drug-likeness (QED) is 0.735. The summed E-state index contributed by atoms with van der Waals surface area (Å²) in [5, 5.41) is 3.51. The molecule has 124 valence electrons. The standard InChI is InChI=1S/C20H27NO2/c1-5-11-23-19-10-9-17(13-20(19)22-6-2)14-21-18-12-15(3)7-8-16(18)4/h7-10,12-13,21H,5-6,11,14H2,1-4H3. The summed E-state index contributed by atoms with van der Waals surface area (Å²) in [6.45, 7) is 10.4. The summed E-state index contributed by atoms with van der Waals surface area (Å²) >= 11 is 0. The Morgan fingerprint density at radius 1 is 0.913 bits per heavy atom. The van der Waals surface area contributed by atoms with Crippen molar-refractivity contribution in [2.45, 2.75) is 40.7 Å². The van der Waals surface area contributed by atoms with Crippen molar-refractivity contribution in [1.82, 2.24) is 0 Å². The number of anilines is 1. The maximum Gasteiger partial charge on any atom is 0.161 e. The second-order valence-corrected chi connectivity index (χ2v) is 5.73. The van der Waals surface area contributed by atoms with E-state index in [1.54, 1.807) is 0 Å².